The molecule has 0 radical (unpaired) electrons. The van der Waals surface area contributed by atoms with Gasteiger partial charge >= 0.3 is 0 Å². The topological polar surface area (TPSA) is 87.4 Å². The highest BCUT2D eigenvalue weighted by Crippen LogP contribution is 2.56. The summed E-state index contributed by atoms with van der Waals surface area (Å²) < 4.78 is 28.6. The van der Waals surface area contributed by atoms with Crippen LogP contribution in [0.4, 0.5) is 10.1 Å². The Kier molecular flexibility index (Phi) is 4.87. The predicted octanol–water partition coefficient (Wildman–Crippen LogP) is 4.05. The molecule has 4 heterocycles. The predicted molar refractivity (Wildman–Crippen MR) is 129 cm³/mol. The van der Waals surface area contributed by atoms with Gasteiger partial charge in [0.25, 0.3) is 11.5 Å². The summed E-state index contributed by atoms with van der Waals surface area (Å²) in [6, 6.07) is 7.08. The van der Waals surface area contributed by atoms with Gasteiger partial charge in [0.1, 0.15) is 23.7 Å². The summed E-state index contributed by atoms with van der Waals surface area (Å²) in [4.78, 5) is 26.3. The van der Waals surface area contributed by atoms with E-state index < -0.39 is 18.2 Å². The number of ether oxygens (including phenoxy) is 2. The summed E-state index contributed by atoms with van der Waals surface area (Å²) in [6.45, 7) is 5.81. The molecule has 2 bridgehead atoms. The van der Waals surface area contributed by atoms with Crippen molar-refractivity contribution in [3.63, 3.8) is 0 Å². The largest absolute Gasteiger partial charge is 0.490 e. The molecule has 9 heteroatoms. The molecule has 7 rings (SSSR count). The van der Waals surface area contributed by atoms with Gasteiger partial charge in [-0.3, -0.25) is 14.3 Å². The van der Waals surface area contributed by atoms with E-state index in [9.17, 15) is 14.0 Å². The molecule has 2 atom stereocenters. The first-order valence-corrected chi connectivity index (χ1v) is 12.2. The monoisotopic (exact) mass is 480 g/mol. The minimum Gasteiger partial charge on any atom is -0.490 e. The van der Waals surface area contributed by atoms with Gasteiger partial charge in [0, 0.05) is 42.7 Å². The maximum absolute atomic E-state index is 13.4. The van der Waals surface area contributed by atoms with Crippen LogP contribution in [-0.2, 0) is 10.3 Å². The van der Waals surface area contributed by atoms with Crippen LogP contribution in [0.25, 0.3) is 10.9 Å². The second kappa shape index (κ2) is 7.65. The highest BCUT2D eigenvalue weighted by atomic mass is 19.1. The molecule has 4 aliphatic rings. The lowest BCUT2D eigenvalue weighted by Gasteiger charge is -2.42. The van der Waals surface area contributed by atoms with Crippen LogP contribution >= 0.6 is 0 Å². The van der Waals surface area contributed by atoms with Gasteiger partial charge in [-0.1, -0.05) is 6.92 Å². The average molecular weight is 481 g/mol. The van der Waals surface area contributed by atoms with Gasteiger partial charge in [0.05, 0.1) is 29.3 Å². The Labute approximate surface area is 202 Å². The van der Waals surface area contributed by atoms with Crippen LogP contribution in [0.1, 0.15) is 56.4 Å². The molecule has 2 saturated carbocycles. The summed E-state index contributed by atoms with van der Waals surface area (Å²) in [5.41, 5.74) is 0.0182. The van der Waals surface area contributed by atoms with Crippen molar-refractivity contribution in [1.29, 1.82) is 0 Å². The number of pyridine rings is 1. The minimum absolute atomic E-state index is 0.162. The van der Waals surface area contributed by atoms with Gasteiger partial charge in [-0.25, -0.2) is 4.39 Å². The van der Waals surface area contributed by atoms with Crippen molar-refractivity contribution in [2.75, 3.05) is 18.6 Å². The van der Waals surface area contributed by atoms with Crippen LogP contribution in [-0.4, -0.2) is 45.2 Å². The number of carbonyl (C=O) groups is 1. The zero-order chi connectivity index (χ0) is 24.5. The lowest BCUT2D eigenvalue weighted by Crippen LogP contribution is -2.52. The number of hydrogen-bond acceptors (Lipinski definition) is 5. The van der Waals surface area contributed by atoms with Crippen molar-refractivity contribution in [3.05, 3.63) is 52.6 Å². The van der Waals surface area contributed by atoms with Gasteiger partial charge < -0.3 is 19.4 Å². The number of benzene rings is 1. The van der Waals surface area contributed by atoms with Crippen LogP contribution in [0.2, 0.25) is 0 Å². The molecule has 0 unspecified atom stereocenters. The summed E-state index contributed by atoms with van der Waals surface area (Å²) in [6.07, 6.45) is 5.63. The first kappa shape index (κ1) is 22.3. The number of carbonyl (C=O) groups excluding carboxylic acids is 1. The molecule has 35 heavy (non-hydrogen) atoms. The normalized spacial score (nSPS) is 28.8. The summed E-state index contributed by atoms with van der Waals surface area (Å²) in [7, 11) is 0. The van der Waals surface area contributed by atoms with Crippen molar-refractivity contribution in [2.45, 2.75) is 63.3 Å². The summed E-state index contributed by atoms with van der Waals surface area (Å²) in [5, 5.41) is 8.29. The Balaban J connectivity index is 1.34. The van der Waals surface area contributed by atoms with Gasteiger partial charge in [-0.2, -0.15) is 5.10 Å². The highest BCUT2D eigenvalue weighted by Gasteiger charge is 2.64. The molecule has 2 saturated heterocycles. The van der Waals surface area contributed by atoms with E-state index in [4.69, 9.17) is 14.6 Å². The van der Waals surface area contributed by atoms with Gasteiger partial charge in [-0.05, 0) is 44.4 Å². The molecule has 184 valence electrons. The van der Waals surface area contributed by atoms with E-state index in [2.05, 4.69) is 12.2 Å². The zero-order valence-electron chi connectivity index (χ0n) is 20.1. The smallest absolute Gasteiger partial charge is 0.274 e. The Bertz CT molecular complexity index is 1390. The Morgan fingerprint density at radius 2 is 2.14 bits per heavy atom. The molecule has 1 N–H and O–H groups in total. The number of amides is 1. The third-order valence-corrected chi connectivity index (χ3v) is 7.54. The molecule has 2 aromatic heterocycles. The summed E-state index contributed by atoms with van der Waals surface area (Å²) >= 11 is 0. The second-order valence-electron chi connectivity index (χ2n) is 10.7. The first-order valence-electron chi connectivity index (χ1n) is 12.2. The number of nitrogens with one attached hydrogen (secondary N) is 1. The molecule has 1 aromatic carbocycles. The fraction of sp³-hybridized carbons (Fsp3) is 0.500. The maximum atomic E-state index is 13.4. The van der Waals surface area contributed by atoms with Gasteiger partial charge in [-0.15, -0.1) is 0 Å². The lowest BCUT2D eigenvalue weighted by molar-refractivity contribution is -0.0336. The molecule has 1 amide bonds. The van der Waals surface area contributed by atoms with E-state index >= 15 is 0 Å². The van der Waals surface area contributed by atoms with Crippen molar-refractivity contribution in [3.8, 4) is 5.75 Å². The lowest BCUT2D eigenvalue weighted by atomic mass is 9.69. The van der Waals surface area contributed by atoms with Crippen molar-refractivity contribution in [2.24, 2.45) is 5.92 Å². The quantitative estimate of drug-likeness (QED) is 0.551. The van der Waals surface area contributed by atoms with Crippen molar-refractivity contribution >= 4 is 22.5 Å². The van der Waals surface area contributed by atoms with Crippen LogP contribution in [0.3, 0.4) is 0 Å². The molecule has 2 aliphatic carbocycles. The standard InChI is InChI=1S/C26H29FN4O4/c1-15(2)35-22-9-20-17(10-31(29-20)25-11-26(12-25,13-27)34-14-25)8-18(22)23(32)28-19-5-4-6-30(24(19)33)21-7-16(21)3/h4-6,8-10,15-16,21H,7,11-14H2,1-3H3,(H,28,32)/t16-,21+,25?,26?/m1/s1. The number of anilines is 1. The number of hydrogen-bond donors (Lipinski definition) is 1. The van der Waals surface area contributed by atoms with Crippen molar-refractivity contribution in [1.82, 2.24) is 14.3 Å². The van der Waals surface area contributed by atoms with E-state index in [1.165, 1.54) is 0 Å². The number of aromatic nitrogens is 3. The van der Waals surface area contributed by atoms with Gasteiger partial charge in [0.2, 0.25) is 0 Å². The second-order valence-corrected chi connectivity index (χ2v) is 10.7. The Morgan fingerprint density at radius 3 is 2.80 bits per heavy atom. The Hall–Kier alpha value is -3.20. The molecular formula is C26H29FN4O4. The SMILES string of the molecule is CC(C)Oc1cc2nn(C34COC(CF)(C3)C4)cc2cc1C(=O)Nc1cccn([C@H]2C[C@H]2C)c1=O. The van der Waals surface area contributed by atoms with E-state index in [1.54, 1.807) is 35.0 Å². The van der Waals surface area contributed by atoms with Crippen molar-refractivity contribution < 1.29 is 18.7 Å². The molecular weight excluding hydrogens is 451 g/mol. The van der Waals surface area contributed by atoms with Crippen LogP contribution in [0.5, 0.6) is 5.75 Å². The van der Waals surface area contributed by atoms with Crippen LogP contribution in [0.15, 0.2) is 41.5 Å². The number of rotatable bonds is 7. The van der Waals surface area contributed by atoms with E-state index in [-0.39, 0.29) is 28.9 Å². The van der Waals surface area contributed by atoms with E-state index in [0.29, 0.717) is 42.2 Å². The van der Waals surface area contributed by atoms with E-state index in [1.807, 2.05) is 24.7 Å². The minimum atomic E-state index is -0.671. The van der Waals surface area contributed by atoms with Crippen LogP contribution < -0.4 is 15.6 Å². The third kappa shape index (κ3) is 3.55. The molecule has 3 aromatic rings. The number of alkyl halides is 1. The molecule has 8 nitrogen and oxygen atoms in total. The molecule has 4 fully saturated rings. The number of nitrogens with zero attached hydrogens (tertiary/aromatic N) is 3. The maximum Gasteiger partial charge on any atom is 0.274 e. The summed E-state index contributed by atoms with van der Waals surface area (Å²) in [5.74, 6) is 0.435. The van der Waals surface area contributed by atoms with Crippen LogP contribution in [0, 0.1) is 5.92 Å². The molecule has 2 aliphatic heterocycles. The number of halogens is 1. The highest BCUT2D eigenvalue weighted by molar-refractivity contribution is 6.08. The first-order chi connectivity index (χ1) is 16.7. The number of fused-ring (bicyclic) bond motifs is 2. The van der Waals surface area contributed by atoms with Gasteiger partial charge in [0.15, 0.2) is 0 Å². The fourth-order valence-electron chi connectivity index (χ4n) is 5.57. The zero-order valence-corrected chi connectivity index (χ0v) is 20.1. The molecule has 0 spiro atoms. The van der Waals surface area contributed by atoms with E-state index in [0.717, 1.165) is 11.8 Å². The average Bonchev–Trinajstić information content (AvgIpc) is 3.16. The fourth-order valence-corrected chi connectivity index (χ4v) is 5.57. The Morgan fingerprint density at radius 1 is 1.37 bits per heavy atom. The third-order valence-electron chi connectivity index (χ3n) is 7.54.